The van der Waals surface area contributed by atoms with E-state index in [9.17, 15) is 13.2 Å². The van der Waals surface area contributed by atoms with E-state index >= 15 is 0 Å². The lowest BCUT2D eigenvalue weighted by molar-refractivity contribution is -0.274. The van der Waals surface area contributed by atoms with Crippen LogP contribution in [-0.4, -0.2) is 20.3 Å². The van der Waals surface area contributed by atoms with Gasteiger partial charge in [-0.15, -0.1) is 13.2 Å². The first kappa shape index (κ1) is 19.3. The SMILES string of the molecule is FC(F)(F)Oc1ccc(C2Nc3ccc(-c4nc5c([nH]4)=CCC(I)C=5)cc3N2)cc1. The Bertz CT molecular complexity index is 1220. The molecule has 0 spiro atoms. The van der Waals surface area contributed by atoms with Gasteiger partial charge in [0.25, 0.3) is 0 Å². The van der Waals surface area contributed by atoms with Gasteiger partial charge in [-0.2, -0.15) is 0 Å². The Kier molecular flexibility index (Phi) is 4.64. The molecule has 3 N–H and O–H groups in total. The number of H-pyrrole nitrogens is 1. The van der Waals surface area contributed by atoms with E-state index < -0.39 is 6.36 Å². The molecule has 30 heavy (non-hydrogen) atoms. The molecule has 1 aromatic heterocycles. The minimum absolute atomic E-state index is 0.242. The van der Waals surface area contributed by atoms with Crippen LogP contribution in [0.5, 0.6) is 5.75 Å². The molecule has 9 heteroatoms. The third-order valence-corrected chi connectivity index (χ3v) is 5.85. The predicted molar refractivity (Wildman–Crippen MR) is 118 cm³/mol. The molecule has 1 aliphatic carbocycles. The summed E-state index contributed by atoms with van der Waals surface area (Å²) < 4.78 is 41.4. The number of ether oxygens (including phenoxy) is 1. The second-order valence-electron chi connectivity index (χ2n) is 7.11. The van der Waals surface area contributed by atoms with Gasteiger partial charge in [0.1, 0.15) is 17.7 Å². The van der Waals surface area contributed by atoms with Crippen molar-refractivity contribution in [1.82, 2.24) is 9.97 Å². The molecule has 0 saturated heterocycles. The van der Waals surface area contributed by atoms with Gasteiger partial charge in [0.2, 0.25) is 0 Å². The Morgan fingerprint density at radius 1 is 1.03 bits per heavy atom. The molecule has 2 aromatic carbocycles. The summed E-state index contributed by atoms with van der Waals surface area (Å²) in [5.41, 5.74) is 3.58. The third kappa shape index (κ3) is 3.85. The van der Waals surface area contributed by atoms with E-state index in [4.69, 9.17) is 4.98 Å². The minimum atomic E-state index is -4.70. The van der Waals surface area contributed by atoms with Gasteiger partial charge in [-0.25, -0.2) is 4.98 Å². The largest absolute Gasteiger partial charge is 0.573 e. The van der Waals surface area contributed by atoms with E-state index in [2.05, 4.69) is 55.1 Å². The number of nitrogens with one attached hydrogen (secondary N) is 3. The Labute approximate surface area is 183 Å². The van der Waals surface area contributed by atoms with Gasteiger partial charge >= 0.3 is 6.36 Å². The molecule has 2 aliphatic rings. The summed E-state index contributed by atoms with van der Waals surface area (Å²) in [4.78, 5) is 8.09. The Morgan fingerprint density at radius 2 is 1.80 bits per heavy atom. The summed E-state index contributed by atoms with van der Waals surface area (Å²) in [5.74, 6) is 0.563. The number of halogens is 4. The minimum Gasteiger partial charge on any atom is -0.406 e. The lowest BCUT2D eigenvalue weighted by Gasteiger charge is -2.14. The van der Waals surface area contributed by atoms with Crippen LogP contribution in [0.1, 0.15) is 18.2 Å². The second kappa shape index (κ2) is 7.22. The number of fused-ring (bicyclic) bond motifs is 2. The first-order chi connectivity index (χ1) is 14.3. The smallest absolute Gasteiger partial charge is 0.406 e. The molecular weight excluding hydrogens is 508 g/mol. The molecule has 2 atom stereocenters. The molecule has 154 valence electrons. The van der Waals surface area contributed by atoms with Gasteiger partial charge in [-0.3, -0.25) is 0 Å². The molecular formula is C21H16F3IN4O. The highest BCUT2D eigenvalue weighted by molar-refractivity contribution is 14.1. The van der Waals surface area contributed by atoms with Crippen molar-refractivity contribution in [3.05, 3.63) is 58.7 Å². The van der Waals surface area contributed by atoms with E-state index in [0.29, 0.717) is 3.92 Å². The topological polar surface area (TPSA) is 62.0 Å². The van der Waals surface area contributed by atoms with Crippen LogP contribution in [0, 0.1) is 0 Å². The van der Waals surface area contributed by atoms with Crippen LogP contribution >= 0.6 is 22.6 Å². The molecule has 3 aromatic rings. The number of alkyl halides is 4. The van der Waals surface area contributed by atoms with Crippen LogP contribution in [-0.2, 0) is 0 Å². The zero-order chi connectivity index (χ0) is 20.9. The van der Waals surface area contributed by atoms with Gasteiger partial charge in [0, 0.05) is 9.49 Å². The monoisotopic (exact) mass is 524 g/mol. The normalized spacial score (nSPS) is 19.6. The van der Waals surface area contributed by atoms with Crippen molar-refractivity contribution in [3.8, 4) is 17.1 Å². The van der Waals surface area contributed by atoms with Crippen molar-refractivity contribution >= 4 is 46.1 Å². The zero-order valence-corrected chi connectivity index (χ0v) is 17.6. The maximum atomic E-state index is 12.3. The number of nitrogens with zero attached hydrogens (tertiary/aromatic N) is 1. The number of aromatic nitrogens is 2. The fourth-order valence-electron chi connectivity index (χ4n) is 3.60. The second-order valence-corrected chi connectivity index (χ2v) is 8.71. The summed E-state index contributed by atoms with van der Waals surface area (Å²) in [7, 11) is 0. The van der Waals surface area contributed by atoms with Crippen LogP contribution in [0.15, 0.2) is 42.5 Å². The summed E-state index contributed by atoms with van der Waals surface area (Å²) in [6.45, 7) is 0. The molecule has 1 aliphatic heterocycles. The number of hydrogen-bond acceptors (Lipinski definition) is 4. The highest BCUT2D eigenvalue weighted by Gasteiger charge is 2.31. The summed E-state index contributed by atoms with van der Waals surface area (Å²) >= 11 is 2.39. The van der Waals surface area contributed by atoms with E-state index in [1.54, 1.807) is 12.1 Å². The molecule has 0 bridgehead atoms. The number of hydrogen-bond donors (Lipinski definition) is 3. The lowest BCUT2D eigenvalue weighted by Crippen LogP contribution is -2.29. The molecule has 0 saturated carbocycles. The highest BCUT2D eigenvalue weighted by atomic mass is 127. The van der Waals surface area contributed by atoms with E-state index in [-0.39, 0.29) is 11.9 Å². The predicted octanol–water partition coefficient (Wildman–Crippen LogP) is 4.28. The number of anilines is 2. The van der Waals surface area contributed by atoms with Crippen LogP contribution in [0.4, 0.5) is 24.5 Å². The molecule has 0 radical (unpaired) electrons. The van der Waals surface area contributed by atoms with Crippen molar-refractivity contribution in [2.45, 2.75) is 22.9 Å². The van der Waals surface area contributed by atoms with Crippen LogP contribution in [0.2, 0.25) is 0 Å². The molecule has 0 fully saturated rings. The fourth-order valence-corrected chi connectivity index (χ4v) is 4.20. The average Bonchev–Trinajstić information content (AvgIpc) is 3.30. The molecule has 5 rings (SSSR count). The van der Waals surface area contributed by atoms with Crippen molar-refractivity contribution in [3.63, 3.8) is 0 Å². The van der Waals surface area contributed by atoms with Gasteiger partial charge in [-0.1, -0.05) is 40.8 Å². The van der Waals surface area contributed by atoms with Gasteiger partial charge in [0.15, 0.2) is 0 Å². The maximum absolute atomic E-state index is 12.3. The zero-order valence-electron chi connectivity index (χ0n) is 15.4. The maximum Gasteiger partial charge on any atom is 0.573 e. The van der Waals surface area contributed by atoms with E-state index in [1.165, 1.54) is 12.1 Å². The van der Waals surface area contributed by atoms with Gasteiger partial charge < -0.3 is 20.4 Å². The molecule has 2 unspecified atom stereocenters. The summed E-state index contributed by atoms with van der Waals surface area (Å²) in [6, 6.07) is 11.8. The Morgan fingerprint density at radius 3 is 2.57 bits per heavy atom. The van der Waals surface area contributed by atoms with E-state index in [1.807, 2.05) is 18.2 Å². The van der Waals surface area contributed by atoms with Crippen LogP contribution in [0.3, 0.4) is 0 Å². The lowest BCUT2D eigenvalue weighted by atomic mass is 10.1. The van der Waals surface area contributed by atoms with Crippen molar-refractivity contribution < 1.29 is 17.9 Å². The van der Waals surface area contributed by atoms with Crippen molar-refractivity contribution in [1.29, 1.82) is 0 Å². The van der Waals surface area contributed by atoms with Crippen LogP contribution < -0.4 is 26.1 Å². The standard InChI is InChI=1S/C21H16F3IN4O/c22-21(23,24)30-14-5-1-11(2-6-14)19-26-15-7-3-12(9-17(15)28-19)20-27-16-8-4-13(25)10-18(16)29-20/h1-3,5-10,13,19,26,28H,4H2,(H,27,29). The average molecular weight is 524 g/mol. The first-order valence-corrected chi connectivity index (χ1v) is 10.5. The Hall–Kier alpha value is -2.69. The number of imidazole rings is 1. The van der Waals surface area contributed by atoms with E-state index in [0.717, 1.165) is 45.4 Å². The quantitative estimate of drug-likeness (QED) is 0.354. The number of rotatable bonds is 3. The third-order valence-electron chi connectivity index (χ3n) is 4.99. The Balaban J connectivity index is 1.37. The van der Waals surface area contributed by atoms with Gasteiger partial charge in [0.05, 0.1) is 22.1 Å². The highest BCUT2D eigenvalue weighted by Crippen LogP contribution is 2.38. The number of aromatic amines is 1. The first-order valence-electron chi connectivity index (χ1n) is 9.29. The summed E-state index contributed by atoms with van der Waals surface area (Å²) in [6.07, 6.45) is 0.362. The van der Waals surface area contributed by atoms with Crippen molar-refractivity contribution in [2.24, 2.45) is 0 Å². The molecule has 5 nitrogen and oxygen atoms in total. The molecule has 0 amide bonds. The fraction of sp³-hybridized carbons (Fsp3) is 0.190. The molecule has 2 heterocycles. The number of benzene rings is 2. The van der Waals surface area contributed by atoms with Gasteiger partial charge in [-0.05, 0) is 48.4 Å². The van der Waals surface area contributed by atoms with Crippen molar-refractivity contribution in [2.75, 3.05) is 10.6 Å². The van der Waals surface area contributed by atoms with Crippen LogP contribution in [0.25, 0.3) is 23.5 Å². The summed E-state index contributed by atoms with van der Waals surface area (Å²) in [5, 5.41) is 8.72.